The molecule has 3 rings (SSSR count). The van der Waals surface area contributed by atoms with Crippen molar-refractivity contribution in [2.45, 2.75) is 4.90 Å². The van der Waals surface area contributed by atoms with Gasteiger partial charge in [0.05, 0.1) is 5.56 Å². The number of nitrogens with one attached hydrogen (secondary N) is 1. The van der Waals surface area contributed by atoms with E-state index in [0.29, 0.717) is 12.4 Å². The first kappa shape index (κ1) is 15.2. The van der Waals surface area contributed by atoms with Gasteiger partial charge < -0.3 is 14.6 Å². The van der Waals surface area contributed by atoms with E-state index in [1.54, 1.807) is 12.1 Å². The molecule has 1 aliphatic rings. The molecule has 0 atom stereocenters. The summed E-state index contributed by atoms with van der Waals surface area (Å²) in [5.74, 6) is -0.626. The van der Waals surface area contributed by atoms with Crippen LogP contribution in [0, 0.1) is 0 Å². The number of anilines is 1. The Balaban J connectivity index is 1.97. The van der Waals surface area contributed by atoms with Crippen LogP contribution in [0.5, 0.6) is 11.5 Å². The Morgan fingerprint density at radius 1 is 1.09 bits per heavy atom. The van der Waals surface area contributed by atoms with E-state index in [1.165, 1.54) is 30.3 Å². The van der Waals surface area contributed by atoms with Crippen molar-refractivity contribution < 1.29 is 27.8 Å². The molecule has 0 unspecified atom stereocenters. The lowest BCUT2D eigenvalue weighted by Gasteiger charge is -2.21. The van der Waals surface area contributed by atoms with E-state index in [1.807, 2.05) is 0 Å². The maximum atomic E-state index is 12.6. The van der Waals surface area contributed by atoms with Gasteiger partial charge in [0.25, 0.3) is 10.0 Å². The highest BCUT2D eigenvalue weighted by Crippen LogP contribution is 2.37. The molecule has 23 heavy (non-hydrogen) atoms. The minimum Gasteiger partial charge on any atom is -0.486 e. The van der Waals surface area contributed by atoms with Gasteiger partial charge in [-0.05, 0) is 30.3 Å². The first-order chi connectivity index (χ1) is 11.0. The van der Waals surface area contributed by atoms with Gasteiger partial charge in [-0.25, -0.2) is 13.2 Å². The third-order valence-corrected chi connectivity index (χ3v) is 4.59. The highest BCUT2D eigenvalue weighted by Gasteiger charge is 2.25. The zero-order valence-corrected chi connectivity index (χ0v) is 12.7. The van der Waals surface area contributed by atoms with E-state index in [-0.39, 0.29) is 28.5 Å². The molecule has 0 amide bonds. The van der Waals surface area contributed by atoms with Crippen LogP contribution in [0.4, 0.5) is 5.69 Å². The average molecular weight is 335 g/mol. The Kier molecular flexibility index (Phi) is 3.83. The third kappa shape index (κ3) is 3.07. The standard InChI is InChI=1S/C15H13NO6S/c17-15(18)10-3-1-4-11(9-10)16-23(19,20)13-6-2-5-12-14(13)22-8-7-21-12/h1-6,9,16H,7-8H2,(H,17,18). The molecule has 2 N–H and O–H groups in total. The number of fused-ring (bicyclic) bond motifs is 1. The molecule has 7 nitrogen and oxygen atoms in total. The largest absolute Gasteiger partial charge is 0.486 e. The second-order valence-electron chi connectivity index (χ2n) is 4.77. The molecule has 120 valence electrons. The number of ether oxygens (including phenoxy) is 2. The van der Waals surface area contributed by atoms with Gasteiger partial charge >= 0.3 is 5.97 Å². The lowest BCUT2D eigenvalue weighted by atomic mass is 10.2. The van der Waals surface area contributed by atoms with Crippen LogP contribution in [0.2, 0.25) is 0 Å². The van der Waals surface area contributed by atoms with E-state index in [0.717, 1.165) is 0 Å². The van der Waals surface area contributed by atoms with Crippen LogP contribution in [-0.2, 0) is 10.0 Å². The lowest BCUT2D eigenvalue weighted by Crippen LogP contribution is -2.20. The molecule has 0 radical (unpaired) electrons. The van der Waals surface area contributed by atoms with Crippen molar-refractivity contribution in [1.29, 1.82) is 0 Å². The summed E-state index contributed by atoms with van der Waals surface area (Å²) >= 11 is 0. The molecule has 0 saturated carbocycles. The second-order valence-corrected chi connectivity index (χ2v) is 6.42. The molecule has 0 fully saturated rings. The number of sulfonamides is 1. The zero-order chi connectivity index (χ0) is 16.4. The summed E-state index contributed by atoms with van der Waals surface area (Å²) < 4.78 is 38.2. The maximum Gasteiger partial charge on any atom is 0.335 e. The fraction of sp³-hybridized carbons (Fsp3) is 0.133. The van der Waals surface area contributed by atoms with Crippen molar-refractivity contribution in [3.63, 3.8) is 0 Å². The third-order valence-electron chi connectivity index (χ3n) is 3.18. The zero-order valence-electron chi connectivity index (χ0n) is 11.9. The van der Waals surface area contributed by atoms with Crippen LogP contribution >= 0.6 is 0 Å². The van der Waals surface area contributed by atoms with Gasteiger partial charge in [-0.2, -0.15) is 0 Å². The average Bonchev–Trinajstić information content (AvgIpc) is 2.54. The van der Waals surface area contributed by atoms with Crippen molar-refractivity contribution >= 4 is 21.7 Å². The summed E-state index contributed by atoms with van der Waals surface area (Å²) in [5.41, 5.74) is 0.138. The van der Waals surface area contributed by atoms with Gasteiger partial charge in [-0.3, -0.25) is 4.72 Å². The number of rotatable bonds is 4. The van der Waals surface area contributed by atoms with Gasteiger partial charge in [-0.15, -0.1) is 0 Å². The molecule has 8 heteroatoms. The molecule has 2 aromatic carbocycles. The Labute approximate surface area is 132 Å². The molecule has 0 aliphatic carbocycles. The van der Waals surface area contributed by atoms with Crippen LogP contribution in [0.25, 0.3) is 0 Å². The quantitative estimate of drug-likeness (QED) is 0.885. The van der Waals surface area contributed by atoms with Crippen LogP contribution in [0.15, 0.2) is 47.4 Å². The van der Waals surface area contributed by atoms with Crippen molar-refractivity contribution in [2.75, 3.05) is 17.9 Å². The number of aromatic carboxylic acids is 1. The number of para-hydroxylation sites is 1. The second kappa shape index (κ2) is 5.81. The van der Waals surface area contributed by atoms with Gasteiger partial charge in [0.1, 0.15) is 18.1 Å². The van der Waals surface area contributed by atoms with E-state index < -0.39 is 16.0 Å². The summed E-state index contributed by atoms with van der Waals surface area (Å²) in [6.45, 7) is 0.610. The Hall–Kier alpha value is -2.74. The summed E-state index contributed by atoms with van der Waals surface area (Å²) in [6, 6.07) is 10.1. The minimum absolute atomic E-state index is 0.0140. The number of hydrogen-bond donors (Lipinski definition) is 2. The highest BCUT2D eigenvalue weighted by atomic mass is 32.2. The Morgan fingerprint density at radius 3 is 2.61 bits per heavy atom. The predicted molar refractivity (Wildman–Crippen MR) is 81.6 cm³/mol. The summed E-state index contributed by atoms with van der Waals surface area (Å²) in [6.07, 6.45) is 0. The minimum atomic E-state index is -3.95. The monoisotopic (exact) mass is 335 g/mol. The number of hydrogen-bond acceptors (Lipinski definition) is 5. The van der Waals surface area contributed by atoms with Crippen molar-refractivity contribution in [1.82, 2.24) is 0 Å². The van der Waals surface area contributed by atoms with Crippen LogP contribution in [0.1, 0.15) is 10.4 Å². The van der Waals surface area contributed by atoms with Crippen LogP contribution in [-0.4, -0.2) is 32.7 Å². The maximum absolute atomic E-state index is 12.6. The van der Waals surface area contributed by atoms with Crippen molar-refractivity contribution in [3.8, 4) is 11.5 Å². The Bertz CT molecular complexity index is 862. The lowest BCUT2D eigenvalue weighted by molar-refractivity contribution is 0.0697. The fourth-order valence-electron chi connectivity index (χ4n) is 2.18. The summed E-state index contributed by atoms with van der Waals surface area (Å²) in [7, 11) is -3.95. The van der Waals surface area contributed by atoms with Crippen LogP contribution in [0.3, 0.4) is 0 Å². The van der Waals surface area contributed by atoms with Crippen molar-refractivity contribution in [2.24, 2.45) is 0 Å². The van der Waals surface area contributed by atoms with E-state index in [2.05, 4.69) is 4.72 Å². The predicted octanol–water partition coefficient (Wildman–Crippen LogP) is 1.96. The van der Waals surface area contributed by atoms with Crippen molar-refractivity contribution in [3.05, 3.63) is 48.0 Å². The summed E-state index contributed by atoms with van der Waals surface area (Å²) in [4.78, 5) is 10.9. The smallest absolute Gasteiger partial charge is 0.335 e. The fourth-order valence-corrected chi connectivity index (χ4v) is 3.39. The molecule has 0 saturated heterocycles. The molecule has 1 aliphatic heterocycles. The normalized spacial score (nSPS) is 13.4. The summed E-state index contributed by atoms with van der Waals surface area (Å²) in [5, 5.41) is 8.97. The Morgan fingerprint density at radius 2 is 1.83 bits per heavy atom. The number of benzene rings is 2. The van der Waals surface area contributed by atoms with E-state index in [9.17, 15) is 13.2 Å². The van der Waals surface area contributed by atoms with E-state index in [4.69, 9.17) is 14.6 Å². The first-order valence-corrected chi connectivity index (χ1v) is 8.20. The van der Waals surface area contributed by atoms with Crippen LogP contribution < -0.4 is 14.2 Å². The number of carboxylic acids is 1. The molecule has 0 spiro atoms. The molecule has 2 aromatic rings. The number of carboxylic acid groups (broad SMARTS) is 1. The first-order valence-electron chi connectivity index (χ1n) is 6.72. The molecule has 1 heterocycles. The topological polar surface area (TPSA) is 102 Å². The van der Waals surface area contributed by atoms with Gasteiger partial charge in [0.2, 0.25) is 0 Å². The van der Waals surface area contributed by atoms with E-state index >= 15 is 0 Å². The molecular formula is C15H13NO6S. The SMILES string of the molecule is O=C(O)c1cccc(NS(=O)(=O)c2cccc3c2OCCO3)c1. The highest BCUT2D eigenvalue weighted by molar-refractivity contribution is 7.92. The molecule has 0 bridgehead atoms. The number of carbonyl (C=O) groups is 1. The van der Waals surface area contributed by atoms with Gasteiger partial charge in [0, 0.05) is 5.69 Å². The van der Waals surface area contributed by atoms with Gasteiger partial charge in [0.15, 0.2) is 11.5 Å². The molecular weight excluding hydrogens is 322 g/mol. The molecule has 0 aromatic heterocycles. The van der Waals surface area contributed by atoms with Gasteiger partial charge in [-0.1, -0.05) is 12.1 Å².